The molecule has 2 saturated carbocycles. The Morgan fingerprint density at radius 1 is 0.947 bits per heavy atom. The van der Waals surface area contributed by atoms with Crippen molar-refractivity contribution in [1.82, 2.24) is 24.8 Å². The second-order valence-electron chi connectivity index (χ2n) is 9.01. The summed E-state index contributed by atoms with van der Waals surface area (Å²) in [5.74, 6) is 1.08. The van der Waals surface area contributed by atoms with E-state index in [0.717, 1.165) is 17.2 Å². The van der Waals surface area contributed by atoms with Gasteiger partial charge in [-0.15, -0.1) is 5.10 Å². The number of aromatic nitrogens is 3. The fourth-order valence-electron chi connectivity index (χ4n) is 4.16. The average molecular weight is 555 g/mol. The van der Waals surface area contributed by atoms with Crippen molar-refractivity contribution in [1.29, 1.82) is 0 Å². The molecule has 8 nitrogen and oxygen atoms in total. The zero-order valence-corrected chi connectivity index (χ0v) is 22.9. The Hall–Kier alpha value is -2.22. The Labute approximate surface area is 237 Å². The van der Waals surface area contributed by atoms with E-state index < -0.39 is 0 Å². The van der Waals surface area contributed by atoms with Gasteiger partial charge in [-0.25, -0.2) is 4.68 Å². The molecule has 10 radical (unpaired) electrons. The first-order valence-corrected chi connectivity index (χ1v) is 12.5. The van der Waals surface area contributed by atoms with E-state index in [2.05, 4.69) is 10.3 Å². The first-order chi connectivity index (χ1) is 18.0. The van der Waals surface area contributed by atoms with Gasteiger partial charge in [-0.1, -0.05) is 17.3 Å². The number of benzene rings is 1. The maximum absolute atomic E-state index is 12.8. The monoisotopic (exact) mass is 555 g/mol. The van der Waals surface area contributed by atoms with E-state index in [1.807, 2.05) is 93.9 Å². The minimum absolute atomic E-state index is 0. The summed E-state index contributed by atoms with van der Waals surface area (Å²) in [4.78, 5) is 28.7. The van der Waals surface area contributed by atoms with Gasteiger partial charge in [0, 0.05) is 39.0 Å². The SMILES string of the molecule is Cc1c(C(=O)N(C)C[C]2[CH][CH][CH][CH]2)nnn1-c1ccc(CCC(=O)N2CCOCC2)cc1.[CH]1[CH][CH][CH][CH]1.[Fe+2]. The molecule has 9 heteroatoms. The molecule has 38 heavy (non-hydrogen) atoms. The van der Waals surface area contributed by atoms with Crippen LogP contribution in [0.2, 0.25) is 0 Å². The third-order valence-electron chi connectivity index (χ3n) is 6.32. The summed E-state index contributed by atoms with van der Waals surface area (Å²) in [7, 11) is 1.76. The van der Waals surface area contributed by atoms with E-state index in [9.17, 15) is 9.59 Å². The van der Waals surface area contributed by atoms with E-state index in [0.29, 0.717) is 57.1 Å². The number of hydrogen-bond acceptors (Lipinski definition) is 5. The fraction of sp³-hybridized carbons (Fsp3) is 0.310. The summed E-state index contributed by atoms with van der Waals surface area (Å²) in [6.45, 7) is 4.95. The van der Waals surface area contributed by atoms with E-state index in [-0.39, 0.29) is 28.9 Å². The molecule has 0 bridgehead atoms. The zero-order chi connectivity index (χ0) is 26.0. The second kappa shape index (κ2) is 15.4. The van der Waals surface area contributed by atoms with Crippen LogP contribution in [0.5, 0.6) is 0 Å². The van der Waals surface area contributed by atoms with Crippen molar-refractivity contribution in [3.8, 4) is 5.69 Å². The summed E-state index contributed by atoms with van der Waals surface area (Å²) in [6.07, 6.45) is 19.1. The fourth-order valence-corrected chi connectivity index (χ4v) is 4.16. The molecule has 1 aromatic carbocycles. The maximum Gasteiger partial charge on any atom is 2.00 e. The van der Waals surface area contributed by atoms with Crippen LogP contribution in [0.1, 0.15) is 28.2 Å². The molecule has 3 aliphatic rings. The molecule has 1 aliphatic heterocycles. The largest absolute Gasteiger partial charge is 2.00 e. The molecule has 3 fully saturated rings. The van der Waals surface area contributed by atoms with Crippen molar-refractivity contribution in [3.63, 3.8) is 0 Å². The molecule has 2 heterocycles. The first-order valence-electron chi connectivity index (χ1n) is 12.5. The normalized spacial score (nSPS) is 17.5. The van der Waals surface area contributed by atoms with Crippen LogP contribution in [-0.2, 0) is 33.0 Å². The van der Waals surface area contributed by atoms with Gasteiger partial charge in [-0.05, 0) is 88.8 Å². The molecule has 0 atom stereocenters. The van der Waals surface area contributed by atoms with Crippen molar-refractivity contribution in [3.05, 3.63) is 105 Å². The Morgan fingerprint density at radius 2 is 1.55 bits per heavy atom. The van der Waals surface area contributed by atoms with Gasteiger partial charge in [0.25, 0.3) is 5.91 Å². The molecule has 2 aliphatic carbocycles. The average Bonchev–Trinajstić information content (AvgIpc) is 3.72. The predicted molar refractivity (Wildman–Crippen MR) is 141 cm³/mol. The van der Waals surface area contributed by atoms with Crippen molar-refractivity contribution < 1.29 is 31.4 Å². The Kier molecular flexibility index (Phi) is 12.3. The number of aryl methyl sites for hydroxylation is 1. The minimum atomic E-state index is -0.159. The van der Waals surface area contributed by atoms with Crippen LogP contribution in [0.4, 0.5) is 0 Å². The maximum atomic E-state index is 12.8. The molecule has 2 aromatic rings. The summed E-state index contributed by atoms with van der Waals surface area (Å²) in [5, 5.41) is 8.34. The van der Waals surface area contributed by atoms with Gasteiger partial charge in [0.15, 0.2) is 5.69 Å². The van der Waals surface area contributed by atoms with Crippen LogP contribution < -0.4 is 0 Å². The molecule has 5 rings (SSSR count). The first kappa shape index (κ1) is 30.3. The predicted octanol–water partition coefficient (Wildman–Crippen LogP) is 2.86. The number of amides is 2. The number of hydrogen-bond donors (Lipinski definition) is 0. The van der Waals surface area contributed by atoms with Crippen molar-refractivity contribution in [2.45, 2.75) is 19.8 Å². The molecule has 0 N–H and O–H groups in total. The van der Waals surface area contributed by atoms with Crippen LogP contribution in [0.3, 0.4) is 0 Å². The molecule has 198 valence electrons. The Bertz CT molecular complexity index is 1000. The summed E-state index contributed by atoms with van der Waals surface area (Å²) in [6, 6.07) is 7.87. The van der Waals surface area contributed by atoms with Crippen LogP contribution in [0, 0.1) is 70.6 Å². The molecule has 0 spiro atoms. The van der Waals surface area contributed by atoms with E-state index in [1.54, 1.807) is 16.6 Å². The van der Waals surface area contributed by atoms with Gasteiger partial charge >= 0.3 is 17.1 Å². The third kappa shape index (κ3) is 8.39. The molecule has 1 saturated heterocycles. The molecular weight excluding hydrogens is 522 g/mol. The van der Waals surface area contributed by atoms with Crippen molar-refractivity contribution in [2.24, 2.45) is 0 Å². The smallest absolute Gasteiger partial charge is 0.378 e. The number of carbonyl (C=O) groups is 2. The summed E-state index contributed by atoms with van der Waals surface area (Å²) in [5.41, 5.74) is 2.95. The molecule has 1 aromatic heterocycles. The summed E-state index contributed by atoms with van der Waals surface area (Å²) < 4.78 is 6.97. The Balaban J connectivity index is 0.000000598. The number of nitrogens with zero attached hydrogens (tertiary/aromatic N) is 5. The molecular formula is C29H33FeN5O3+2. The van der Waals surface area contributed by atoms with E-state index in [4.69, 9.17) is 4.74 Å². The third-order valence-corrected chi connectivity index (χ3v) is 6.32. The van der Waals surface area contributed by atoms with Crippen LogP contribution in [0.15, 0.2) is 24.3 Å². The van der Waals surface area contributed by atoms with Crippen LogP contribution in [-0.4, -0.2) is 76.5 Å². The van der Waals surface area contributed by atoms with Crippen molar-refractivity contribution >= 4 is 11.8 Å². The van der Waals surface area contributed by atoms with Gasteiger partial charge in [-0.2, -0.15) is 0 Å². The molecule has 2 amide bonds. The number of morpholine rings is 1. The van der Waals surface area contributed by atoms with Crippen LogP contribution in [0.25, 0.3) is 5.69 Å². The standard InChI is InChI=1S/C24H28N5O3.C5H5.Fe/c1-18-23(24(31)27(2)17-20-5-3-4-6-20)25-26-29(18)21-10-7-19(8-11-21)9-12-22(30)28-13-15-32-16-14-28;1-2-4-5-3-1;/h3-8,10-11H,9,12-17H2,1-2H3;1-5H;/q;;+2. The van der Waals surface area contributed by atoms with Gasteiger partial charge < -0.3 is 14.5 Å². The van der Waals surface area contributed by atoms with E-state index in [1.165, 1.54) is 0 Å². The minimum Gasteiger partial charge on any atom is -0.378 e. The van der Waals surface area contributed by atoms with Gasteiger partial charge in [0.1, 0.15) is 0 Å². The number of carbonyl (C=O) groups excluding carboxylic acids is 2. The van der Waals surface area contributed by atoms with Gasteiger partial charge in [-0.3, -0.25) is 9.59 Å². The number of rotatable bonds is 7. The van der Waals surface area contributed by atoms with Gasteiger partial charge in [0.2, 0.25) is 5.91 Å². The van der Waals surface area contributed by atoms with Crippen molar-refractivity contribution in [2.75, 3.05) is 39.9 Å². The Morgan fingerprint density at radius 3 is 2.16 bits per heavy atom. The number of ether oxygens (including phenoxy) is 1. The molecule has 0 unspecified atom stereocenters. The van der Waals surface area contributed by atoms with E-state index >= 15 is 0 Å². The summed E-state index contributed by atoms with van der Waals surface area (Å²) >= 11 is 0. The quantitative estimate of drug-likeness (QED) is 0.491. The topological polar surface area (TPSA) is 80.6 Å². The van der Waals surface area contributed by atoms with Crippen LogP contribution >= 0.6 is 0 Å². The van der Waals surface area contributed by atoms with Gasteiger partial charge in [0.05, 0.1) is 24.6 Å². The second-order valence-corrected chi connectivity index (χ2v) is 9.01. The zero-order valence-electron chi connectivity index (χ0n) is 21.8.